The van der Waals surface area contributed by atoms with Crippen molar-refractivity contribution in [1.29, 1.82) is 0 Å². The highest BCUT2D eigenvalue weighted by Crippen LogP contribution is 2.12. The van der Waals surface area contributed by atoms with Crippen LogP contribution >= 0.6 is 0 Å². The molecule has 0 saturated carbocycles. The number of carbonyl (C=O) groups excluding carboxylic acids is 1. The van der Waals surface area contributed by atoms with Crippen molar-refractivity contribution in [2.75, 3.05) is 26.0 Å². The van der Waals surface area contributed by atoms with Crippen molar-refractivity contribution < 1.29 is 9.53 Å². The highest BCUT2D eigenvalue weighted by Gasteiger charge is 2.17. The Bertz CT molecular complexity index is 423. The predicted octanol–water partition coefficient (Wildman–Crippen LogP) is 1.07. The lowest BCUT2D eigenvalue weighted by Gasteiger charge is -2.20. The monoisotopic (exact) mass is 252 g/mol. The molecule has 6 nitrogen and oxygen atoms in total. The van der Waals surface area contributed by atoms with Gasteiger partial charge in [0.15, 0.2) is 0 Å². The van der Waals surface area contributed by atoms with Crippen LogP contribution in [0.15, 0.2) is 6.07 Å². The van der Waals surface area contributed by atoms with Gasteiger partial charge in [0.25, 0.3) is 0 Å². The second-order valence-electron chi connectivity index (χ2n) is 4.09. The molecule has 1 unspecified atom stereocenters. The van der Waals surface area contributed by atoms with Crippen molar-refractivity contribution >= 4 is 11.9 Å². The summed E-state index contributed by atoms with van der Waals surface area (Å²) in [5.41, 5.74) is 0.785. The van der Waals surface area contributed by atoms with E-state index in [1.807, 2.05) is 13.8 Å². The molecular formula is C12H20N4O2. The second-order valence-corrected chi connectivity index (χ2v) is 4.09. The molecule has 1 rings (SSSR count). The van der Waals surface area contributed by atoms with Crippen LogP contribution in [0.1, 0.15) is 19.5 Å². The minimum atomic E-state index is -0.374. The summed E-state index contributed by atoms with van der Waals surface area (Å²) in [4.78, 5) is 21.9. The zero-order chi connectivity index (χ0) is 13.7. The molecule has 1 atom stereocenters. The van der Waals surface area contributed by atoms with E-state index in [9.17, 15) is 4.79 Å². The number of nitrogens with one attached hydrogen (secondary N) is 1. The lowest BCUT2D eigenvalue weighted by molar-refractivity contribution is -0.130. The third kappa shape index (κ3) is 3.58. The number of aryl methyl sites for hydroxylation is 1. The summed E-state index contributed by atoms with van der Waals surface area (Å²) in [7, 11) is 3.31. The molecule has 100 valence electrons. The van der Waals surface area contributed by atoms with Crippen LogP contribution in [0.4, 0.5) is 5.95 Å². The van der Waals surface area contributed by atoms with E-state index in [1.165, 1.54) is 0 Å². The molecule has 0 fully saturated rings. The van der Waals surface area contributed by atoms with Crippen molar-refractivity contribution in [2.45, 2.75) is 26.8 Å². The third-order valence-corrected chi connectivity index (χ3v) is 2.61. The summed E-state index contributed by atoms with van der Waals surface area (Å²) in [5, 5.41) is 2.98. The van der Waals surface area contributed by atoms with E-state index in [1.54, 1.807) is 32.0 Å². The van der Waals surface area contributed by atoms with Gasteiger partial charge in [0.05, 0.1) is 7.11 Å². The maximum atomic E-state index is 11.9. The fourth-order valence-corrected chi connectivity index (χ4v) is 1.45. The fraction of sp³-hybridized carbons (Fsp3) is 0.583. The molecule has 0 bridgehead atoms. The van der Waals surface area contributed by atoms with E-state index in [-0.39, 0.29) is 11.9 Å². The Balaban J connectivity index is 2.78. The highest BCUT2D eigenvalue weighted by molar-refractivity contribution is 5.83. The first-order chi connectivity index (χ1) is 8.47. The van der Waals surface area contributed by atoms with E-state index in [0.717, 1.165) is 5.69 Å². The molecule has 1 aromatic heterocycles. The Kier molecular flexibility index (Phi) is 4.88. The molecule has 1 amide bonds. The van der Waals surface area contributed by atoms with Crippen molar-refractivity contribution in [1.82, 2.24) is 14.9 Å². The Morgan fingerprint density at radius 1 is 1.56 bits per heavy atom. The summed E-state index contributed by atoms with van der Waals surface area (Å²) in [6.45, 7) is 6.23. The Hall–Kier alpha value is -1.85. The first-order valence-corrected chi connectivity index (χ1v) is 5.89. The maximum absolute atomic E-state index is 11.9. The Morgan fingerprint density at radius 3 is 2.78 bits per heavy atom. The van der Waals surface area contributed by atoms with Crippen LogP contribution in [0, 0.1) is 6.92 Å². The van der Waals surface area contributed by atoms with E-state index in [4.69, 9.17) is 4.74 Å². The van der Waals surface area contributed by atoms with Crippen LogP contribution in [-0.4, -0.2) is 47.5 Å². The summed E-state index contributed by atoms with van der Waals surface area (Å²) < 4.78 is 5.06. The number of hydrogen-bond donors (Lipinski definition) is 1. The second kappa shape index (κ2) is 6.18. The number of amides is 1. The van der Waals surface area contributed by atoms with Crippen LogP contribution in [0.5, 0.6) is 5.88 Å². The molecule has 0 radical (unpaired) electrons. The quantitative estimate of drug-likeness (QED) is 0.849. The topological polar surface area (TPSA) is 67.4 Å². The normalized spacial score (nSPS) is 11.8. The smallest absolute Gasteiger partial charge is 0.244 e. The van der Waals surface area contributed by atoms with Gasteiger partial charge >= 0.3 is 0 Å². The summed E-state index contributed by atoms with van der Waals surface area (Å²) in [5.74, 6) is 0.882. The fourth-order valence-electron chi connectivity index (χ4n) is 1.45. The van der Waals surface area contributed by atoms with E-state index in [0.29, 0.717) is 18.4 Å². The van der Waals surface area contributed by atoms with Crippen LogP contribution in [0.2, 0.25) is 0 Å². The summed E-state index contributed by atoms with van der Waals surface area (Å²) in [6, 6.07) is 1.36. The number of carbonyl (C=O) groups is 1. The standard InChI is InChI=1S/C12H20N4O2/c1-6-16(4)11(17)9(3)14-12-13-8(2)7-10(15-12)18-5/h7,9H,6H2,1-5H3,(H,13,14,15). The number of ether oxygens (including phenoxy) is 1. The number of likely N-dealkylation sites (N-methyl/N-ethyl adjacent to an activating group) is 1. The Labute approximate surface area is 107 Å². The minimum Gasteiger partial charge on any atom is -0.481 e. The number of nitrogens with zero attached hydrogens (tertiary/aromatic N) is 3. The maximum Gasteiger partial charge on any atom is 0.244 e. The number of aromatic nitrogens is 2. The first-order valence-electron chi connectivity index (χ1n) is 5.89. The number of anilines is 1. The lowest BCUT2D eigenvalue weighted by Crippen LogP contribution is -2.39. The van der Waals surface area contributed by atoms with Crippen LogP contribution in [0.3, 0.4) is 0 Å². The van der Waals surface area contributed by atoms with Gasteiger partial charge in [-0.2, -0.15) is 4.98 Å². The van der Waals surface area contributed by atoms with Crippen molar-refractivity contribution in [3.8, 4) is 5.88 Å². The van der Waals surface area contributed by atoms with Gasteiger partial charge in [0.2, 0.25) is 17.7 Å². The third-order valence-electron chi connectivity index (χ3n) is 2.61. The summed E-state index contributed by atoms with van der Waals surface area (Å²) in [6.07, 6.45) is 0. The molecule has 6 heteroatoms. The van der Waals surface area contributed by atoms with Crippen molar-refractivity contribution in [3.05, 3.63) is 11.8 Å². The van der Waals surface area contributed by atoms with Gasteiger partial charge < -0.3 is 15.0 Å². The van der Waals surface area contributed by atoms with Crippen LogP contribution < -0.4 is 10.1 Å². The van der Waals surface area contributed by atoms with Gasteiger partial charge in [-0.15, -0.1) is 0 Å². The molecule has 0 aromatic carbocycles. The van der Waals surface area contributed by atoms with Gasteiger partial charge in [0, 0.05) is 25.4 Å². The van der Waals surface area contributed by atoms with Gasteiger partial charge in [-0.05, 0) is 20.8 Å². The molecule has 0 spiro atoms. The molecule has 0 saturated heterocycles. The van der Waals surface area contributed by atoms with Crippen molar-refractivity contribution in [3.63, 3.8) is 0 Å². The average molecular weight is 252 g/mol. The molecule has 1 aromatic rings. The number of rotatable bonds is 5. The lowest BCUT2D eigenvalue weighted by atomic mass is 10.3. The van der Waals surface area contributed by atoms with Gasteiger partial charge in [-0.1, -0.05) is 0 Å². The molecule has 0 aliphatic rings. The molecule has 1 heterocycles. The zero-order valence-corrected chi connectivity index (χ0v) is 11.5. The number of methoxy groups -OCH3 is 1. The molecule has 0 aliphatic heterocycles. The first kappa shape index (κ1) is 14.2. The molecular weight excluding hydrogens is 232 g/mol. The van der Waals surface area contributed by atoms with Crippen LogP contribution in [-0.2, 0) is 4.79 Å². The van der Waals surface area contributed by atoms with Gasteiger partial charge in [-0.25, -0.2) is 4.98 Å². The van der Waals surface area contributed by atoms with Gasteiger partial charge in [-0.3, -0.25) is 4.79 Å². The predicted molar refractivity (Wildman–Crippen MR) is 69.7 cm³/mol. The Morgan fingerprint density at radius 2 is 2.22 bits per heavy atom. The zero-order valence-electron chi connectivity index (χ0n) is 11.5. The largest absolute Gasteiger partial charge is 0.481 e. The van der Waals surface area contributed by atoms with Crippen LogP contribution in [0.25, 0.3) is 0 Å². The van der Waals surface area contributed by atoms with E-state index in [2.05, 4.69) is 15.3 Å². The SMILES string of the molecule is CCN(C)C(=O)C(C)Nc1nc(C)cc(OC)n1. The molecule has 1 N–H and O–H groups in total. The van der Waals surface area contributed by atoms with Gasteiger partial charge in [0.1, 0.15) is 6.04 Å². The molecule has 18 heavy (non-hydrogen) atoms. The minimum absolute atomic E-state index is 0.00146. The van der Waals surface area contributed by atoms with E-state index < -0.39 is 0 Å². The average Bonchev–Trinajstić information content (AvgIpc) is 2.35. The number of hydrogen-bond acceptors (Lipinski definition) is 5. The summed E-state index contributed by atoms with van der Waals surface area (Å²) >= 11 is 0. The molecule has 0 aliphatic carbocycles. The van der Waals surface area contributed by atoms with Crippen molar-refractivity contribution in [2.24, 2.45) is 0 Å². The highest BCUT2D eigenvalue weighted by atomic mass is 16.5. The van der Waals surface area contributed by atoms with E-state index >= 15 is 0 Å².